The van der Waals surface area contributed by atoms with Crippen LogP contribution in [0.5, 0.6) is 5.75 Å². The molecule has 0 atom stereocenters. The summed E-state index contributed by atoms with van der Waals surface area (Å²) in [6.45, 7) is 5.10. The number of amides is 1. The highest BCUT2D eigenvalue weighted by molar-refractivity contribution is 7.99. The van der Waals surface area contributed by atoms with Crippen molar-refractivity contribution in [2.24, 2.45) is 0 Å². The van der Waals surface area contributed by atoms with E-state index in [4.69, 9.17) is 14.7 Å². The van der Waals surface area contributed by atoms with Gasteiger partial charge in [0.05, 0.1) is 30.8 Å². The summed E-state index contributed by atoms with van der Waals surface area (Å²) in [7, 11) is 1.56. The highest BCUT2D eigenvalue weighted by Crippen LogP contribution is 2.29. The predicted molar refractivity (Wildman–Crippen MR) is 123 cm³/mol. The minimum atomic E-state index is -0.167. The first kappa shape index (κ1) is 21.4. The van der Waals surface area contributed by atoms with Crippen molar-refractivity contribution in [1.82, 2.24) is 25.1 Å². The molecule has 0 radical (unpaired) electrons. The summed E-state index contributed by atoms with van der Waals surface area (Å²) in [6, 6.07) is 7.20. The van der Waals surface area contributed by atoms with E-state index in [0.29, 0.717) is 24.4 Å². The second kappa shape index (κ2) is 10.00. The highest BCUT2D eigenvalue weighted by Gasteiger charge is 2.20. The summed E-state index contributed by atoms with van der Waals surface area (Å²) in [5, 5.41) is 9.26. The Balaban J connectivity index is 1.52. The number of nitrogens with one attached hydrogen (secondary N) is 1. The smallest absolute Gasteiger partial charge is 0.255 e. The van der Waals surface area contributed by atoms with E-state index in [1.807, 2.05) is 23.0 Å². The monoisotopic (exact) mass is 440 g/mol. The third-order valence-electron chi connectivity index (χ3n) is 5.35. The summed E-state index contributed by atoms with van der Waals surface area (Å²) < 4.78 is 7.13. The first-order chi connectivity index (χ1) is 15.2. The second-order valence-electron chi connectivity index (χ2n) is 7.37. The van der Waals surface area contributed by atoms with Gasteiger partial charge in [-0.25, -0.2) is 14.6 Å². The van der Waals surface area contributed by atoms with Crippen molar-refractivity contribution in [2.45, 2.75) is 37.9 Å². The van der Waals surface area contributed by atoms with Crippen LogP contribution in [0.4, 0.5) is 5.82 Å². The number of anilines is 1. The van der Waals surface area contributed by atoms with Crippen LogP contribution in [0, 0.1) is 0 Å². The molecule has 0 unspecified atom stereocenters. The number of para-hydroxylation sites is 1. The number of nitrogens with zero attached hydrogens (tertiary/aromatic N) is 5. The van der Waals surface area contributed by atoms with Crippen molar-refractivity contribution >= 4 is 34.5 Å². The van der Waals surface area contributed by atoms with Crippen LogP contribution in [0.1, 0.15) is 36.5 Å². The number of thioether (sulfide) groups is 1. The topological polar surface area (TPSA) is 85.2 Å². The van der Waals surface area contributed by atoms with Gasteiger partial charge in [-0.1, -0.05) is 30.8 Å². The van der Waals surface area contributed by atoms with E-state index in [9.17, 15) is 4.79 Å². The molecule has 1 amide bonds. The molecule has 3 heterocycles. The number of ether oxygens (including phenoxy) is 1. The van der Waals surface area contributed by atoms with Crippen molar-refractivity contribution in [1.29, 1.82) is 0 Å². The molecule has 4 rings (SSSR count). The molecule has 1 fully saturated rings. The molecule has 0 saturated carbocycles. The molecule has 2 aromatic heterocycles. The lowest BCUT2D eigenvalue weighted by Crippen LogP contribution is -2.30. The van der Waals surface area contributed by atoms with E-state index in [1.165, 1.54) is 19.3 Å². The Hall–Kier alpha value is -2.81. The largest absolute Gasteiger partial charge is 0.496 e. The average Bonchev–Trinajstić information content (AvgIpc) is 3.22. The molecule has 164 valence electrons. The first-order valence-corrected chi connectivity index (χ1v) is 11.7. The van der Waals surface area contributed by atoms with Gasteiger partial charge < -0.3 is 15.0 Å². The fourth-order valence-electron chi connectivity index (χ4n) is 3.83. The van der Waals surface area contributed by atoms with E-state index >= 15 is 0 Å². The molecule has 1 aliphatic rings. The van der Waals surface area contributed by atoms with Crippen LogP contribution in [0.3, 0.4) is 0 Å². The van der Waals surface area contributed by atoms with Crippen molar-refractivity contribution < 1.29 is 9.53 Å². The quantitative estimate of drug-likeness (QED) is 0.425. The summed E-state index contributed by atoms with van der Waals surface area (Å²) in [6.07, 6.45) is 5.49. The maximum Gasteiger partial charge on any atom is 0.255 e. The fraction of sp³-hybridized carbons (Fsp3) is 0.455. The van der Waals surface area contributed by atoms with E-state index < -0.39 is 0 Å². The first-order valence-electron chi connectivity index (χ1n) is 10.7. The van der Waals surface area contributed by atoms with E-state index in [0.717, 1.165) is 40.9 Å². The number of hydrogen-bond donors (Lipinski definition) is 1. The van der Waals surface area contributed by atoms with Gasteiger partial charge in [0.25, 0.3) is 5.91 Å². The molecular weight excluding hydrogens is 412 g/mol. The predicted octanol–water partition coefficient (Wildman–Crippen LogP) is 3.37. The second-order valence-corrected chi connectivity index (χ2v) is 8.60. The number of methoxy groups -OCH3 is 1. The molecule has 0 aliphatic carbocycles. The van der Waals surface area contributed by atoms with E-state index in [2.05, 4.69) is 22.2 Å². The van der Waals surface area contributed by atoms with Gasteiger partial charge in [0.15, 0.2) is 10.8 Å². The van der Waals surface area contributed by atoms with Gasteiger partial charge in [-0.15, -0.1) is 0 Å². The Labute approximate surface area is 186 Å². The third-order valence-corrected chi connectivity index (χ3v) is 6.07. The van der Waals surface area contributed by atoms with Crippen LogP contribution < -0.4 is 15.0 Å². The zero-order chi connectivity index (χ0) is 21.6. The molecule has 1 saturated heterocycles. The van der Waals surface area contributed by atoms with Crippen molar-refractivity contribution in [3.05, 3.63) is 36.0 Å². The van der Waals surface area contributed by atoms with Crippen molar-refractivity contribution in [2.75, 3.05) is 37.4 Å². The van der Waals surface area contributed by atoms with Crippen LogP contribution in [-0.2, 0) is 6.54 Å². The number of fused-ring (bicyclic) bond motifs is 1. The minimum absolute atomic E-state index is 0.167. The van der Waals surface area contributed by atoms with Gasteiger partial charge >= 0.3 is 0 Å². The van der Waals surface area contributed by atoms with Crippen LogP contribution in [-0.4, -0.2) is 58.2 Å². The number of carbonyl (C=O) groups is 1. The molecule has 1 aliphatic heterocycles. The minimum Gasteiger partial charge on any atom is -0.496 e. The molecular formula is C22H28N6O2S. The van der Waals surface area contributed by atoms with E-state index in [1.54, 1.807) is 31.0 Å². The van der Waals surface area contributed by atoms with Gasteiger partial charge in [0.1, 0.15) is 11.6 Å². The SMILES string of the molecule is CCSc1nc(N2CCCCC2)c2cnn(CCNC(=O)c3ccccc3OC)c2n1. The van der Waals surface area contributed by atoms with Gasteiger partial charge in [0, 0.05) is 19.6 Å². The van der Waals surface area contributed by atoms with Gasteiger partial charge in [0.2, 0.25) is 0 Å². The number of carbonyl (C=O) groups excluding carboxylic acids is 1. The average molecular weight is 441 g/mol. The zero-order valence-corrected chi connectivity index (χ0v) is 18.8. The number of aromatic nitrogens is 4. The standard InChI is InChI=1S/C22H28N6O2S/c1-3-31-22-25-19(27-12-7-4-8-13-27)17-15-24-28(20(17)26-22)14-11-23-21(29)16-9-5-6-10-18(16)30-2/h5-6,9-10,15H,3-4,7-8,11-14H2,1-2H3,(H,23,29). The van der Waals surface area contributed by atoms with Crippen LogP contribution >= 0.6 is 11.8 Å². The van der Waals surface area contributed by atoms with Crippen LogP contribution in [0.2, 0.25) is 0 Å². The molecule has 0 bridgehead atoms. The Morgan fingerprint density at radius 3 is 2.77 bits per heavy atom. The van der Waals surface area contributed by atoms with E-state index in [-0.39, 0.29) is 5.91 Å². The maximum atomic E-state index is 12.6. The fourth-order valence-corrected chi connectivity index (χ4v) is 4.39. The molecule has 1 N–H and O–H groups in total. The maximum absolute atomic E-state index is 12.6. The summed E-state index contributed by atoms with van der Waals surface area (Å²) >= 11 is 1.64. The zero-order valence-electron chi connectivity index (χ0n) is 18.0. The normalized spacial score (nSPS) is 14.1. The Bertz CT molecular complexity index is 1050. The molecule has 1 aromatic carbocycles. The summed E-state index contributed by atoms with van der Waals surface area (Å²) in [4.78, 5) is 24.5. The molecule has 3 aromatic rings. The Morgan fingerprint density at radius 2 is 2.00 bits per heavy atom. The third kappa shape index (κ3) is 4.76. The van der Waals surface area contributed by atoms with Crippen LogP contribution in [0.15, 0.2) is 35.6 Å². The molecule has 9 heteroatoms. The lowest BCUT2D eigenvalue weighted by molar-refractivity contribution is 0.0949. The van der Waals surface area contributed by atoms with Gasteiger partial charge in [-0.05, 0) is 37.1 Å². The van der Waals surface area contributed by atoms with Crippen molar-refractivity contribution in [3.63, 3.8) is 0 Å². The molecule has 8 nitrogen and oxygen atoms in total. The number of rotatable bonds is 8. The van der Waals surface area contributed by atoms with Gasteiger partial charge in [-0.2, -0.15) is 5.10 Å². The molecule has 0 spiro atoms. The summed E-state index contributed by atoms with van der Waals surface area (Å²) in [5.74, 6) is 2.28. The van der Waals surface area contributed by atoms with Crippen molar-refractivity contribution in [3.8, 4) is 5.75 Å². The van der Waals surface area contributed by atoms with Gasteiger partial charge in [-0.3, -0.25) is 4.79 Å². The van der Waals surface area contributed by atoms with Crippen LogP contribution in [0.25, 0.3) is 11.0 Å². The lowest BCUT2D eigenvalue weighted by atomic mass is 10.1. The highest BCUT2D eigenvalue weighted by atomic mass is 32.2. The Kier molecular flexibility index (Phi) is 6.91. The number of piperidine rings is 1. The molecule has 31 heavy (non-hydrogen) atoms. The number of hydrogen-bond acceptors (Lipinski definition) is 7. The number of benzene rings is 1. The summed E-state index contributed by atoms with van der Waals surface area (Å²) in [5.41, 5.74) is 1.34. The Morgan fingerprint density at radius 1 is 1.19 bits per heavy atom. The lowest BCUT2D eigenvalue weighted by Gasteiger charge is -2.28.